The van der Waals surface area contributed by atoms with Crippen LogP contribution in [-0.4, -0.2) is 27.1 Å². The van der Waals surface area contributed by atoms with E-state index >= 15 is 0 Å². The van der Waals surface area contributed by atoms with Crippen molar-refractivity contribution in [2.75, 3.05) is 0 Å². The fourth-order valence-electron chi connectivity index (χ4n) is 1.33. The highest BCUT2D eigenvalue weighted by Crippen LogP contribution is 2.21. The first kappa shape index (κ1) is 10.9. The second-order valence-corrected chi connectivity index (χ2v) is 3.21. The Kier molecular flexibility index (Phi) is 2.61. The quantitative estimate of drug-likeness (QED) is 0.837. The van der Waals surface area contributed by atoms with E-state index in [1.54, 1.807) is 12.1 Å². The maximum atomic E-state index is 10.8. The number of rotatable bonds is 3. The van der Waals surface area contributed by atoms with Crippen molar-refractivity contribution in [1.29, 1.82) is 0 Å². The van der Waals surface area contributed by atoms with E-state index in [9.17, 15) is 9.59 Å². The second-order valence-electron chi connectivity index (χ2n) is 3.21. The van der Waals surface area contributed by atoms with Gasteiger partial charge in [0.15, 0.2) is 0 Å². The summed E-state index contributed by atoms with van der Waals surface area (Å²) >= 11 is 0. The fourth-order valence-corrected chi connectivity index (χ4v) is 1.33. The van der Waals surface area contributed by atoms with Gasteiger partial charge in [-0.3, -0.25) is 0 Å². The van der Waals surface area contributed by atoms with Crippen LogP contribution in [0, 0.1) is 0 Å². The van der Waals surface area contributed by atoms with Gasteiger partial charge < -0.3 is 14.6 Å². The van der Waals surface area contributed by atoms with Crippen molar-refractivity contribution in [3.8, 4) is 11.3 Å². The smallest absolute Gasteiger partial charge is 0.354 e. The van der Waals surface area contributed by atoms with Gasteiger partial charge in [-0.25, -0.2) is 14.6 Å². The van der Waals surface area contributed by atoms with E-state index < -0.39 is 11.9 Å². The number of aromatic carboxylic acids is 2. The summed E-state index contributed by atoms with van der Waals surface area (Å²) in [7, 11) is 0. The Balaban J connectivity index is 2.60. The number of hydrogen-bond acceptors (Lipinski definition) is 4. The molecule has 0 unspecified atom stereocenters. The molecular weight excluding hydrogens is 226 g/mol. The van der Waals surface area contributed by atoms with Crippen LogP contribution in [0.15, 0.2) is 34.9 Å². The van der Waals surface area contributed by atoms with Crippen LogP contribution in [0.4, 0.5) is 0 Å². The summed E-state index contributed by atoms with van der Waals surface area (Å²) in [4.78, 5) is 25.1. The predicted octanol–water partition coefficient (Wildman–Crippen LogP) is 1.74. The highest BCUT2D eigenvalue weighted by molar-refractivity contribution is 5.92. The zero-order chi connectivity index (χ0) is 12.4. The van der Waals surface area contributed by atoms with Gasteiger partial charge in [0.05, 0.1) is 6.26 Å². The molecule has 0 saturated carbocycles. The molecule has 86 valence electrons. The van der Waals surface area contributed by atoms with E-state index in [0.29, 0.717) is 11.3 Å². The number of carboxylic acid groups (broad SMARTS) is 2. The lowest BCUT2D eigenvalue weighted by molar-refractivity contribution is 0.0685. The van der Waals surface area contributed by atoms with Crippen LogP contribution in [0.3, 0.4) is 0 Å². The summed E-state index contributed by atoms with van der Waals surface area (Å²) in [5.74, 6) is -2.20. The molecule has 0 spiro atoms. The van der Waals surface area contributed by atoms with Crippen molar-refractivity contribution in [1.82, 2.24) is 4.98 Å². The van der Waals surface area contributed by atoms with Crippen LogP contribution in [0.25, 0.3) is 11.3 Å². The predicted molar refractivity (Wildman–Crippen MR) is 55.9 cm³/mol. The Morgan fingerprint density at radius 2 is 1.71 bits per heavy atom. The number of nitrogens with zero attached hydrogens (tertiary/aromatic N) is 1. The summed E-state index contributed by atoms with van der Waals surface area (Å²) in [6.07, 6.45) is 1.41. The summed E-state index contributed by atoms with van der Waals surface area (Å²) in [6, 6.07) is 5.74. The van der Waals surface area contributed by atoms with E-state index in [-0.39, 0.29) is 11.4 Å². The normalized spacial score (nSPS) is 10.1. The number of carboxylic acids is 2. The van der Waals surface area contributed by atoms with E-state index in [2.05, 4.69) is 4.98 Å². The number of furan rings is 1. The maximum Gasteiger partial charge on any atom is 0.354 e. The molecule has 0 aliphatic carbocycles. The number of pyridine rings is 1. The first-order valence-electron chi connectivity index (χ1n) is 4.60. The summed E-state index contributed by atoms with van der Waals surface area (Å²) in [5, 5.41) is 17.7. The molecule has 0 aromatic carbocycles. The van der Waals surface area contributed by atoms with E-state index in [1.165, 1.54) is 18.4 Å². The zero-order valence-corrected chi connectivity index (χ0v) is 8.45. The molecule has 0 aliphatic rings. The van der Waals surface area contributed by atoms with Gasteiger partial charge in [0.2, 0.25) is 0 Å². The molecule has 0 saturated heterocycles. The monoisotopic (exact) mass is 233 g/mol. The minimum atomic E-state index is -1.29. The van der Waals surface area contributed by atoms with Crippen molar-refractivity contribution in [3.63, 3.8) is 0 Å². The number of carbonyl (C=O) groups is 2. The summed E-state index contributed by atoms with van der Waals surface area (Å²) < 4.78 is 5.08. The highest BCUT2D eigenvalue weighted by Gasteiger charge is 2.14. The second kappa shape index (κ2) is 4.09. The molecule has 2 N–H and O–H groups in total. The van der Waals surface area contributed by atoms with Gasteiger partial charge in [-0.15, -0.1) is 0 Å². The number of hydrogen-bond donors (Lipinski definition) is 2. The van der Waals surface area contributed by atoms with Crippen LogP contribution in [0.2, 0.25) is 0 Å². The molecule has 6 heteroatoms. The standard InChI is InChI=1S/C11H7NO5/c13-10(14)7-4-6(9-2-1-3-17-9)5-8(12-7)11(15)16/h1-5H,(H,13,14)(H,15,16). The lowest BCUT2D eigenvalue weighted by atomic mass is 10.1. The Bertz CT molecular complexity index is 541. The Morgan fingerprint density at radius 3 is 2.12 bits per heavy atom. The molecule has 6 nitrogen and oxygen atoms in total. The van der Waals surface area contributed by atoms with E-state index in [1.807, 2.05) is 0 Å². The zero-order valence-electron chi connectivity index (χ0n) is 8.45. The topological polar surface area (TPSA) is 101 Å². The van der Waals surface area contributed by atoms with Gasteiger partial charge in [0, 0.05) is 5.56 Å². The molecule has 0 aliphatic heterocycles. The van der Waals surface area contributed by atoms with E-state index in [4.69, 9.17) is 14.6 Å². The molecule has 0 fully saturated rings. The average Bonchev–Trinajstić information content (AvgIpc) is 2.81. The maximum absolute atomic E-state index is 10.8. The van der Waals surface area contributed by atoms with Crippen molar-refractivity contribution in [3.05, 3.63) is 41.9 Å². The van der Waals surface area contributed by atoms with Gasteiger partial charge in [-0.05, 0) is 24.3 Å². The van der Waals surface area contributed by atoms with Crippen molar-refractivity contribution in [2.24, 2.45) is 0 Å². The lowest BCUT2D eigenvalue weighted by Crippen LogP contribution is -2.07. The molecule has 2 rings (SSSR count). The Morgan fingerprint density at radius 1 is 1.12 bits per heavy atom. The van der Waals surface area contributed by atoms with Gasteiger partial charge in [-0.2, -0.15) is 0 Å². The molecule has 0 radical (unpaired) electrons. The molecule has 0 bridgehead atoms. The van der Waals surface area contributed by atoms with Crippen LogP contribution < -0.4 is 0 Å². The Labute approximate surface area is 95.1 Å². The van der Waals surface area contributed by atoms with Crippen molar-refractivity contribution in [2.45, 2.75) is 0 Å². The lowest BCUT2D eigenvalue weighted by Gasteiger charge is -2.01. The third-order valence-electron chi connectivity index (χ3n) is 2.07. The highest BCUT2D eigenvalue weighted by atomic mass is 16.4. The molecule has 2 heterocycles. The largest absolute Gasteiger partial charge is 0.477 e. The van der Waals surface area contributed by atoms with Crippen LogP contribution >= 0.6 is 0 Å². The fraction of sp³-hybridized carbons (Fsp3) is 0. The Hall–Kier alpha value is -2.63. The molecule has 0 amide bonds. The van der Waals surface area contributed by atoms with Crippen LogP contribution in [-0.2, 0) is 0 Å². The number of aromatic nitrogens is 1. The van der Waals surface area contributed by atoms with Gasteiger partial charge in [-0.1, -0.05) is 0 Å². The molecule has 0 atom stereocenters. The van der Waals surface area contributed by atoms with Gasteiger partial charge >= 0.3 is 11.9 Å². The van der Waals surface area contributed by atoms with Gasteiger partial charge in [0.1, 0.15) is 17.1 Å². The molecule has 2 aromatic rings. The van der Waals surface area contributed by atoms with Crippen molar-refractivity contribution >= 4 is 11.9 Å². The minimum absolute atomic E-state index is 0.337. The third kappa shape index (κ3) is 2.15. The van der Waals surface area contributed by atoms with Crippen LogP contribution in [0.1, 0.15) is 21.0 Å². The molecular formula is C11H7NO5. The molecule has 2 aromatic heterocycles. The minimum Gasteiger partial charge on any atom is -0.477 e. The van der Waals surface area contributed by atoms with Crippen molar-refractivity contribution < 1.29 is 24.2 Å². The first-order chi connectivity index (χ1) is 8.08. The summed E-state index contributed by atoms with van der Waals surface area (Å²) in [6.45, 7) is 0. The SMILES string of the molecule is O=C(O)c1cc(-c2ccco2)cc(C(=O)O)n1. The third-order valence-corrected chi connectivity index (χ3v) is 2.07. The summed E-state index contributed by atoms with van der Waals surface area (Å²) in [5.41, 5.74) is -0.313. The van der Waals surface area contributed by atoms with Gasteiger partial charge in [0.25, 0.3) is 0 Å². The molecule has 17 heavy (non-hydrogen) atoms. The van der Waals surface area contributed by atoms with Crippen LogP contribution in [0.5, 0.6) is 0 Å². The average molecular weight is 233 g/mol. The first-order valence-corrected chi connectivity index (χ1v) is 4.60. The van der Waals surface area contributed by atoms with E-state index in [0.717, 1.165) is 0 Å².